The Balaban J connectivity index is 1.20. The number of carbonyl (C=O) groups is 11. The smallest absolute Gasteiger partial charge is 0.246 e. The fraction of sp³-hybridized carbons (Fsp3) is 0.817. The molecule has 11 amide bonds. The van der Waals surface area contributed by atoms with Crippen molar-refractivity contribution in [2.24, 2.45) is 5.73 Å². The summed E-state index contributed by atoms with van der Waals surface area (Å²) in [7, 11) is 0. The Morgan fingerprint density at radius 1 is 0.510 bits per heavy atom. The van der Waals surface area contributed by atoms with Crippen LogP contribution in [0.3, 0.4) is 0 Å². The molecule has 42 nitrogen and oxygen atoms in total. The molecule has 0 aliphatic carbocycles. The van der Waals surface area contributed by atoms with Crippen LogP contribution in [-0.2, 0) is 90.6 Å². The van der Waals surface area contributed by atoms with Gasteiger partial charge in [0.1, 0.15) is 140 Å². The lowest BCUT2D eigenvalue weighted by Crippen LogP contribution is -2.70. The minimum absolute atomic E-state index is 0.0248. The molecule has 0 radical (unpaired) electrons. The van der Waals surface area contributed by atoms with E-state index in [1.54, 1.807) is 0 Å². The zero-order valence-electron chi connectivity index (χ0n) is 56.8. The second kappa shape index (κ2) is 36.9. The fourth-order valence-corrected chi connectivity index (χ4v) is 13.2. The summed E-state index contributed by atoms with van der Waals surface area (Å²) in [6.45, 7) is 1.44. The highest BCUT2D eigenvalue weighted by Gasteiger charge is 2.56. The number of likely N-dealkylation sites (tertiary alicyclic amines) is 3. The van der Waals surface area contributed by atoms with E-state index in [1.165, 1.54) is 35.5 Å². The average molecular weight is 1470 g/mol. The standard InChI is InChI=1S/C60H97N11O31/c1-22(50(61)88)63-53(91)30-11-8-14-70(30)56(94)31-12-9-15-71(31)55(93)23(2)64-54(92)37(68-51(89)28(17-72)67-36(79)16-62-52(90)29-10-7-13-69(29)27(6)78)24(3)96-58-39(66-26(5)77)49(102-60-47(87)45(85)41(81)33(19-74)98-60)42(82)35(100-58)21-95-57-38(65-25(4)76)43(83)48(34(20-75)99-57)101-59-46(86)44(84)40(80)32(18-73)97-59/h22-24,28-35,37-49,57-60,72-75,80-87H,7-21H2,1-6H3,(H2,61,88)(H,62,90)(H,63,91)(H,64,92)(H,65,76)(H,66,77)(H,67,79)(H,68,89)/t22?,23?,24?,28?,29?,30?,31?,32?,33?,34?,35?,37?,38?,39?,40-,41-,42-,43+,44-,45-,46?,47?,48+,49+,57+,58-,59-,60-/m0/s1. The molecule has 7 saturated heterocycles. The van der Waals surface area contributed by atoms with Crippen LogP contribution in [0.25, 0.3) is 0 Å². The highest BCUT2D eigenvalue weighted by molar-refractivity contribution is 5.98. The number of nitrogens with one attached hydrogen (secondary N) is 7. The molecule has 578 valence electrons. The molecular weight excluding hydrogens is 1370 g/mol. The van der Waals surface area contributed by atoms with Gasteiger partial charge in [0.25, 0.3) is 0 Å². The predicted molar refractivity (Wildman–Crippen MR) is 334 cm³/mol. The summed E-state index contributed by atoms with van der Waals surface area (Å²) in [5.41, 5.74) is 5.35. The lowest BCUT2D eigenvalue weighted by Gasteiger charge is -2.49. The summed E-state index contributed by atoms with van der Waals surface area (Å²) >= 11 is 0. The van der Waals surface area contributed by atoms with Crippen molar-refractivity contribution in [3.8, 4) is 0 Å². The fourth-order valence-electron chi connectivity index (χ4n) is 13.2. The second-order valence-corrected chi connectivity index (χ2v) is 26.1. The van der Waals surface area contributed by atoms with Gasteiger partial charge in [-0.2, -0.15) is 0 Å². The van der Waals surface area contributed by atoms with E-state index in [2.05, 4.69) is 37.2 Å². The SMILES string of the molecule is CC(=O)NC1[C@H](OCC2O[C@H](OC(C)C(NC(=O)C(CO)NC(=O)CNC(=O)C3CCCN3C(C)=O)C(=O)NC(C)C(=O)N3CCCC3C(=O)N3CCCC3C(=O)NC(C)C(N)=O)C(NC(C)=O)[C@@H](O[C@@H]3OC(CO)[C@H](O)[C@H](O)C3O)[C@H]2O)OC(CO)[C@@H](O[C@@H]2OC(CO)[C@H](O)[C@H](O)C2O)[C@@H]1O. The summed E-state index contributed by atoms with van der Waals surface area (Å²) < 4.78 is 47.7. The Bertz CT molecular complexity index is 2950. The molecular formula is C60H97N11O31. The van der Waals surface area contributed by atoms with E-state index in [0.29, 0.717) is 12.8 Å². The molecule has 0 bridgehead atoms. The van der Waals surface area contributed by atoms with Crippen LogP contribution in [0.4, 0.5) is 0 Å². The molecule has 7 fully saturated rings. The van der Waals surface area contributed by atoms with Crippen LogP contribution in [-0.4, -0.2) is 371 Å². The Hall–Kier alpha value is -6.63. The molecule has 0 saturated carbocycles. The maximum atomic E-state index is 15.0. The van der Waals surface area contributed by atoms with Crippen molar-refractivity contribution in [3.05, 3.63) is 0 Å². The van der Waals surface area contributed by atoms with E-state index in [1.807, 2.05) is 0 Å². The number of carbonyl (C=O) groups excluding carboxylic acids is 11. The third kappa shape index (κ3) is 19.6. The van der Waals surface area contributed by atoms with Gasteiger partial charge >= 0.3 is 0 Å². The van der Waals surface area contributed by atoms with Crippen LogP contribution < -0.4 is 43.0 Å². The van der Waals surface area contributed by atoms with Crippen molar-refractivity contribution in [3.63, 3.8) is 0 Å². The topological polar surface area (TPSA) is 624 Å². The van der Waals surface area contributed by atoms with Gasteiger partial charge in [-0.15, -0.1) is 0 Å². The first-order valence-corrected chi connectivity index (χ1v) is 33.5. The number of hydrogen-bond donors (Lipinski definition) is 20. The summed E-state index contributed by atoms with van der Waals surface area (Å²) in [5, 5.41) is 146. The second-order valence-electron chi connectivity index (χ2n) is 26.1. The molecule has 7 rings (SSSR count). The minimum Gasteiger partial charge on any atom is -0.394 e. The van der Waals surface area contributed by atoms with Crippen molar-refractivity contribution in [1.82, 2.24) is 51.9 Å². The van der Waals surface area contributed by atoms with Crippen LogP contribution in [0.1, 0.15) is 80.1 Å². The van der Waals surface area contributed by atoms with Crippen LogP contribution in [0, 0.1) is 0 Å². The Morgan fingerprint density at radius 2 is 1.02 bits per heavy atom. The Kier molecular flexibility index (Phi) is 29.9. The molecule has 7 aliphatic heterocycles. The Labute approximate surface area is 583 Å². The number of nitrogens with zero attached hydrogens (tertiary/aromatic N) is 3. The molecule has 28 atom stereocenters. The van der Waals surface area contributed by atoms with Crippen LogP contribution in [0.2, 0.25) is 0 Å². The highest BCUT2D eigenvalue weighted by atomic mass is 16.8. The van der Waals surface area contributed by atoms with E-state index in [-0.39, 0.29) is 45.3 Å². The van der Waals surface area contributed by atoms with Gasteiger partial charge in [0.05, 0.1) is 45.7 Å². The largest absolute Gasteiger partial charge is 0.394 e. The van der Waals surface area contributed by atoms with Gasteiger partial charge in [-0.1, -0.05) is 0 Å². The number of amides is 11. The molecule has 7 aliphatic rings. The number of aliphatic hydroxyl groups excluding tert-OH is 12. The van der Waals surface area contributed by atoms with Crippen LogP contribution in [0.15, 0.2) is 0 Å². The van der Waals surface area contributed by atoms with Crippen molar-refractivity contribution >= 4 is 65.0 Å². The van der Waals surface area contributed by atoms with E-state index in [4.69, 9.17) is 43.6 Å². The Morgan fingerprint density at radius 3 is 1.56 bits per heavy atom. The lowest BCUT2D eigenvalue weighted by molar-refractivity contribution is -0.359. The summed E-state index contributed by atoms with van der Waals surface area (Å²) in [6.07, 6.45) is -35.1. The highest BCUT2D eigenvalue weighted by Crippen LogP contribution is 2.35. The van der Waals surface area contributed by atoms with Gasteiger partial charge in [-0.3, -0.25) is 52.7 Å². The first-order chi connectivity index (χ1) is 48.2. The molecule has 0 aromatic carbocycles. The van der Waals surface area contributed by atoms with E-state index in [0.717, 1.165) is 20.8 Å². The monoisotopic (exact) mass is 1470 g/mol. The maximum Gasteiger partial charge on any atom is 0.246 e. The van der Waals surface area contributed by atoms with Gasteiger partial charge in [0.2, 0.25) is 65.0 Å². The van der Waals surface area contributed by atoms with E-state index in [9.17, 15) is 109 Å². The zero-order valence-corrected chi connectivity index (χ0v) is 56.8. The molecule has 42 heteroatoms. The number of hydrogen-bond acceptors (Lipinski definition) is 31. The average Bonchev–Trinajstić information content (AvgIpc) is 1.13. The van der Waals surface area contributed by atoms with E-state index < -0.39 is 276 Å². The number of primary amides is 1. The van der Waals surface area contributed by atoms with E-state index >= 15 is 4.79 Å². The molecule has 0 aromatic heterocycles. The van der Waals surface area contributed by atoms with Crippen LogP contribution >= 0.6 is 0 Å². The molecule has 21 N–H and O–H groups in total. The first kappa shape index (κ1) is 82.7. The molecule has 7 heterocycles. The molecule has 102 heavy (non-hydrogen) atoms. The molecule has 0 spiro atoms. The number of rotatable bonds is 29. The molecule has 16 unspecified atom stereocenters. The van der Waals surface area contributed by atoms with Gasteiger partial charge < -0.3 is 157 Å². The quantitative estimate of drug-likeness (QED) is 0.0331. The third-order valence-corrected chi connectivity index (χ3v) is 18.8. The van der Waals surface area contributed by atoms with Gasteiger partial charge in [-0.25, -0.2) is 0 Å². The first-order valence-electron chi connectivity index (χ1n) is 33.5. The third-order valence-electron chi connectivity index (χ3n) is 18.8. The van der Waals surface area contributed by atoms with Crippen molar-refractivity contribution in [2.75, 3.05) is 59.2 Å². The number of ether oxygens (including phenoxy) is 8. The predicted octanol–water partition coefficient (Wildman–Crippen LogP) is -13.5. The van der Waals surface area contributed by atoms with Crippen molar-refractivity contribution in [1.29, 1.82) is 0 Å². The number of aliphatic hydroxyl groups is 12. The van der Waals surface area contributed by atoms with Crippen molar-refractivity contribution < 1.29 is 152 Å². The van der Waals surface area contributed by atoms with Gasteiger partial charge in [0.15, 0.2) is 25.2 Å². The maximum absolute atomic E-state index is 15.0. The molecule has 0 aromatic rings. The minimum atomic E-state index is -2.20. The van der Waals surface area contributed by atoms with Crippen LogP contribution in [0.5, 0.6) is 0 Å². The summed E-state index contributed by atoms with van der Waals surface area (Å²) in [5.74, 6) is -9.49. The number of nitrogens with two attached hydrogens (primary N) is 1. The normalized spacial score (nSPS) is 35.5. The zero-order chi connectivity index (χ0) is 75.5. The van der Waals surface area contributed by atoms with Crippen molar-refractivity contribution in [2.45, 2.75) is 251 Å². The summed E-state index contributed by atoms with van der Waals surface area (Å²) in [6, 6.07) is -13.5. The summed E-state index contributed by atoms with van der Waals surface area (Å²) in [4.78, 5) is 152. The lowest BCUT2D eigenvalue weighted by atomic mass is 9.94. The van der Waals surface area contributed by atoms with Gasteiger partial charge in [0, 0.05) is 40.4 Å². The van der Waals surface area contributed by atoms with Gasteiger partial charge in [-0.05, 0) is 59.3 Å².